The predicted octanol–water partition coefficient (Wildman–Crippen LogP) is 4.51. The highest BCUT2D eigenvalue weighted by Crippen LogP contribution is 2.29. The van der Waals surface area contributed by atoms with E-state index < -0.39 is 46.7 Å². The summed E-state index contributed by atoms with van der Waals surface area (Å²) in [7, 11) is 0. The van der Waals surface area contributed by atoms with E-state index in [9.17, 15) is 34.4 Å². The summed E-state index contributed by atoms with van der Waals surface area (Å²) in [6.07, 6.45) is -2.37. The van der Waals surface area contributed by atoms with Crippen LogP contribution in [0.15, 0.2) is 87.3 Å². The second-order valence-corrected chi connectivity index (χ2v) is 12.6. The maximum absolute atomic E-state index is 13.1. The van der Waals surface area contributed by atoms with Crippen molar-refractivity contribution in [3.05, 3.63) is 131 Å². The fraction of sp³-hybridized carbons (Fsp3) is 0.257. The van der Waals surface area contributed by atoms with E-state index in [4.69, 9.17) is 14.2 Å². The number of aromatic amines is 1. The molecule has 2 N–H and O–H groups in total. The van der Waals surface area contributed by atoms with Gasteiger partial charge in [-0.05, 0) is 42.8 Å². The van der Waals surface area contributed by atoms with E-state index in [0.29, 0.717) is 21.9 Å². The second-order valence-electron chi connectivity index (χ2n) is 11.5. The summed E-state index contributed by atoms with van der Waals surface area (Å²) in [4.78, 5) is 62.5. The molecule has 250 valence electrons. The van der Waals surface area contributed by atoms with Gasteiger partial charge in [0.2, 0.25) is 0 Å². The van der Waals surface area contributed by atoms with Crippen LogP contribution in [-0.4, -0.2) is 51.2 Å². The van der Waals surface area contributed by atoms with Crippen LogP contribution >= 0.6 is 11.3 Å². The van der Waals surface area contributed by atoms with E-state index in [1.807, 2.05) is 30.3 Å². The quantitative estimate of drug-likeness (QED) is 0.0777. The van der Waals surface area contributed by atoms with Crippen molar-refractivity contribution < 1.29 is 29.0 Å². The van der Waals surface area contributed by atoms with Gasteiger partial charge < -0.3 is 19.3 Å². The van der Waals surface area contributed by atoms with E-state index in [-0.39, 0.29) is 42.7 Å². The summed E-state index contributed by atoms with van der Waals surface area (Å²) in [5.74, 6) is 5.66. The minimum absolute atomic E-state index is 0.0276. The van der Waals surface area contributed by atoms with Gasteiger partial charge in [-0.1, -0.05) is 36.1 Å². The van der Waals surface area contributed by atoms with Crippen molar-refractivity contribution in [3.8, 4) is 11.8 Å². The molecule has 0 aliphatic carbocycles. The lowest BCUT2D eigenvalue weighted by Crippen LogP contribution is -2.33. The van der Waals surface area contributed by atoms with Gasteiger partial charge in [0.25, 0.3) is 11.2 Å². The van der Waals surface area contributed by atoms with Gasteiger partial charge in [0.15, 0.2) is 5.43 Å². The van der Waals surface area contributed by atoms with Crippen molar-refractivity contribution in [1.82, 2.24) is 9.55 Å². The lowest BCUT2D eigenvalue weighted by molar-refractivity contribution is -0.384. The van der Waals surface area contributed by atoms with Crippen LogP contribution in [0.2, 0.25) is 0 Å². The van der Waals surface area contributed by atoms with Crippen LogP contribution in [0.25, 0.3) is 20.2 Å². The zero-order chi connectivity index (χ0) is 34.7. The molecule has 1 saturated heterocycles. The average molecular weight is 684 g/mol. The molecule has 14 heteroatoms. The number of aryl methyl sites for hydroxylation is 1. The number of aliphatic hydroxyl groups excluding tert-OH is 1. The van der Waals surface area contributed by atoms with Crippen LogP contribution in [0.4, 0.5) is 10.5 Å². The molecule has 4 atom stereocenters. The molecule has 2 unspecified atom stereocenters. The number of nitrogens with zero attached hydrogens (tertiary/aromatic N) is 2. The smallest absolute Gasteiger partial charge is 0.434 e. The monoisotopic (exact) mass is 683 g/mol. The molecule has 13 nitrogen and oxygen atoms in total. The molecule has 0 spiro atoms. The number of rotatable bonds is 8. The van der Waals surface area contributed by atoms with Crippen LogP contribution in [0.1, 0.15) is 41.7 Å². The summed E-state index contributed by atoms with van der Waals surface area (Å²) in [6.45, 7) is 0.987. The lowest BCUT2D eigenvalue weighted by Gasteiger charge is -2.18. The van der Waals surface area contributed by atoms with Gasteiger partial charge in [-0.15, -0.1) is 11.3 Å². The summed E-state index contributed by atoms with van der Waals surface area (Å²) >= 11 is 1.52. The van der Waals surface area contributed by atoms with Crippen LogP contribution in [0.3, 0.4) is 0 Å². The van der Waals surface area contributed by atoms with Gasteiger partial charge in [0.1, 0.15) is 25.5 Å². The van der Waals surface area contributed by atoms with Gasteiger partial charge in [-0.25, -0.2) is 9.59 Å². The molecule has 0 saturated carbocycles. The van der Waals surface area contributed by atoms with Crippen LogP contribution < -0.4 is 16.7 Å². The van der Waals surface area contributed by atoms with E-state index in [1.54, 1.807) is 24.3 Å². The number of aliphatic hydroxyl groups is 1. The number of H-pyrrole nitrogens is 1. The standard InChI is InChI=1S/C35H29N3O10S/c1-20-17-37(34(42)36-33(20)41)31-16-27(39)28(48-31)19-47-35(43)46-18-23(22-10-12-24(13-11-22)38(44)45)6-4-5-21-9-14-30-26(15-21)32(40)25-7-2-3-8-29(25)49-30/h2-3,7-15,17,23,27-28,31,39H,6,16,18-19H2,1H3,(H,36,41,42)/t23?,27?,28-,31-/m1/s1. The number of nitrogens with one attached hydrogen (secondary N) is 1. The summed E-state index contributed by atoms with van der Waals surface area (Å²) in [5.41, 5.74) is 0.161. The Labute approximate surface area is 281 Å². The number of aromatic nitrogens is 2. The van der Waals surface area contributed by atoms with Crippen LogP contribution in [0, 0.1) is 28.9 Å². The zero-order valence-corrected chi connectivity index (χ0v) is 26.8. The highest BCUT2D eigenvalue weighted by molar-refractivity contribution is 7.24. The molecule has 0 amide bonds. The lowest BCUT2D eigenvalue weighted by atomic mass is 9.96. The van der Waals surface area contributed by atoms with E-state index >= 15 is 0 Å². The van der Waals surface area contributed by atoms with Crippen molar-refractivity contribution in [2.24, 2.45) is 0 Å². The third-order valence-corrected chi connectivity index (χ3v) is 9.31. The first-order chi connectivity index (χ1) is 23.6. The van der Waals surface area contributed by atoms with Crippen molar-refractivity contribution in [3.63, 3.8) is 0 Å². The van der Waals surface area contributed by atoms with Crippen molar-refractivity contribution >= 4 is 43.4 Å². The molecule has 1 fully saturated rings. The first-order valence-corrected chi connectivity index (χ1v) is 16.0. The SMILES string of the molecule is Cc1cn([C@H]2CC(O)[C@@H](COC(=O)OCC(CC#Cc3ccc4sc5ccccc5c(=O)c4c3)c3ccc([N+](=O)[O-])cc3)O2)c(=O)[nH]c1=O. The van der Waals surface area contributed by atoms with Gasteiger partial charge in [-0.3, -0.25) is 29.3 Å². The third kappa shape index (κ3) is 7.44. The second kappa shape index (κ2) is 14.2. The predicted molar refractivity (Wildman–Crippen MR) is 181 cm³/mol. The summed E-state index contributed by atoms with van der Waals surface area (Å²) in [6, 6.07) is 18.7. The molecule has 0 bridgehead atoms. The molecular formula is C35H29N3O10S. The highest BCUT2D eigenvalue weighted by atomic mass is 32.1. The maximum atomic E-state index is 13.1. The maximum Gasteiger partial charge on any atom is 0.508 e. The van der Waals surface area contributed by atoms with Gasteiger partial charge in [-0.2, -0.15) is 0 Å². The topological polar surface area (TPSA) is 180 Å². The van der Waals surface area contributed by atoms with Crippen LogP contribution in [0.5, 0.6) is 0 Å². The minimum atomic E-state index is -1.06. The normalized spacial score (nSPS) is 17.7. The molecule has 3 heterocycles. The summed E-state index contributed by atoms with van der Waals surface area (Å²) in [5, 5.41) is 22.9. The van der Waals surface area contributed by atoms with Crippen molar-refractivity contribution in [1.29, 1.82) is 0 Å². The fourth-order valence-corrected chi connectivity index (χ4v) is 6.55. The van der Waals surface area contributed by atoms with E-state index in [2.05, 4.69) is 16.8 Å². The Morgan fingerprint density at radius 3 is 2.63 bits per heavy atom. The van der Waals surface area contributed by atoms with Gasteiger partial charge in [0.05, 0.1) is 11.0 Å². The molecule has 0 radical (unpaired) electrons. The number of fused-ring (bicyclic) bond motifs is 2. The first kappa shape index (κ1) is 33.3. The first-order valence-electron chi connectivity index (χ1n) is 15.2. The van der Waals surface area contributed by atoms with Crippen molar-refractivity contribution in [2.75, 3.05) is 13.2 Å². The molecule has 1 aliphatic heterocycles. The molecule has 49 heavy (non-hydrogen) atoms. The number of non-ortho nitro benzene ring substituents is 1. The number of hydrogen-bond donors (Lipinski definition) is 2. The highest BCUT2D eigenvalue weighted by Gasteiger charge is 2.36. The Morgan fingerprint density at radius 2 is 1.86 bits per heavy atom. The molecule has 1 aliphatic rings. The van der Waals surface area contributed by atoms with E-state index in [1.165, 1.54) is 36.6 Å². The number of hydrogen-bond acceptors (Lipinski definition) is 11. The fourth-order valence-electron chi connectivity index (χ4n) is 5.49. The number of ether oxygens (including phenoxy) is 3. The number of nitro groups is 1. The Bertz CT molecular complexity index is 2300. The molecule has 5 aromatic rings. The number of carbonyl (C=O) groups is 1. The Balaban J connectivity index is 1.12. The Kier molecular flexibility index (Phi) is 9.68. The largest absolute Gasteiger partial charge is 0.508 e. The number of nitro benzene ring substituents is 1. The average Bonchev–Trinajstić information content (AvgIpc) is 3.47. The van der Waals surface area contributed by atoms with E-state index in [0.717, 1.165) is 14.0 Å². The van der Waals surface area contributed by atoms with Crippen molar-refractivity contribution in [2.45, 2.75) is 44.1 Å². The molecule has 6 rings (SSSR count). The Morgan fingerprint density at radius 1 is 1.10 bits per heavy atom. The number of carbonyl (C=O) groups excluding carboxylic acids is 1. The summed E-state index contributed by atoms with van der Waals surface area (Å²) < 4.78 is 19.2. The number of benzene rings is 3. The van der Waals surface area contributed by atoms with Crippen LogP contribution in [-0.2, 0) is 14.2 Å². The third-order valence-electron chi connectivity index (χ3n) is 8.16. The van der Waals surface area contributed by atoms with Gasteiger partial charge in [0, 0.05) is 68.4 Å². The Hall–Kier alpha value is -5.62. The zero-order valence-electron chi connectivity index (χ0n) is 26.0. The molecule has 3 aromatic carbocycles. The van der Waals surface area contributed by atoms with Gasteiger partial charge >= 0.3 is 11.8 Å². The molecular weight excluding hydrogens is 654 g/mol. The molecule has 2 aromatic heterocycles. The minimum Gasteiger partial charge on any atom is -0.434 e.